The average molecular weight is 433 g/mol. The largest absolute Gasteiger partial charge is 0.394 e. The summed E-state index contributed by atoms with van der Waals surface area (Å²) >= 11 is 11.9. The van der Waals surface area contributed by atoms with Crippen molar-refractivity contribution in [2.24, 2.45) is 0 Å². The van der Waals surface area contributed by atoms with Crippen molar-refractivity contribution >= 4 is 34.6 Å². The molecule has 2 rings (SSSR count). The van der Waals surface area contributed by atoms with Crippen LogP contribution in [0.3, 0.4) is 0 Å². The van der Waals surface area contributed by atoms with Crippen LogP contribution in [0.15, 0.2) is 36.4 Å². The number of anilines is 2. The summed E-state index contributed by atoms with van der Waals surface area (Å²) in [6.45, 7) is 6.60. The van der Waals surface area contributed by atoms with E-state index in [0.29, 0.717) is 24.5 Å². The topological polar surface area (TPSA) is 35.9 Å². The first kappa shape index (κ1) is 22.7. The van der Waals surface area contributed by atoms with Crippen LogP contribution >= 0.6 is 23.2 Å². The number of rotatable bonds is 8. The van der Waals surface area contributed by atoms with E-state index >= 15 is 0 Å². The maximum absolute atomic E-state index is 13.7. The van der Waals surface area contributed by atoms with Crippen molar-refractivity contribution in [1.82, 2.24) is 0 Å². The number of nitrogens with zero attached hydrogens (tertiary/aromatic N) is 2. The van der Waals surface area contributed by atoms with Gasteiger partial charge in [-0.1, -0.05) is 23.2 Å². The quantitative estimate of drug-likeness (QED) is 0.573. The van der Waals surface area contributed by atoms with Crippen molar-refractivity contribution in [3.8, 4) is 0 Å². The molecule has 0 aromatic heterocycles. The Labute approximate surface area is 174 Å². The molecule has 4 nitrogen and oxygen atoms in total. The van der Waals surface area contributed by atoms with E-state index in [9.17, 15) is 13.9 Å². The lowest BCUT2D eigenvalue weighted by Crippen LogP contribution is -2.47. The molecule has 0 radical (unpaired) electrons. The van der Waals surface area contributed by atoms with E-state index in [4.69, 9.17) is 27.9 Å². The molecule has 0 saturated heterocycles. The molecule has 0 fully saturated rings. The minimum Gasteiger partial charge on any atom is -0.394 e. The van der Waals surface area contributed by atoms with Gasteiger partial charge in [-0.25, -0.2) is 8.78 Å². The molecular weight excluding hydrogens is 409 g/mol. The molecule has 0 spiro atoms. The SMILES string of the molecule is CC(C)(C)OCCN(c1ccc(F)c(Cl)c1)N(CCO)c1ccc(F)c(Cl)c1. The highest BCUT2D eigenvalue weighted by Crippen LogP contribution is 2.29. The van der Waals surface area contributed by atoms with Gasteiger partial charge in [0.1, 0.15) is 11.6 Å². The van der Waals surface area contributed by atoms with E-state index in [1.165, 1.54) is 24.3 Å². The van der Waals surface area contributed by atoms with Crippen molar-refractivity contribution in [2.45, 2.75) is 26.4 Å². The van der Waals surface area contributed by atoms with Gasteiger partial charge in [0.2, 0.25) is 0 Å². The molecule has 2 aromatic carbocycles. The maximum Gasteiger partial charge on any atom is 0.141 e. The van der Waals surface area contributed by atoms with Crippen LogP contribution in [0.1, 0.15) is 20.8 Å². The minimum absolute atomic E-state index is 0.0275. The summed E-state index contributed by atoms with van der Waals surface area (Å²) in [7, 11) is 0. The number of hydrogen-bond acceptors (Lipinski definition) is 4. The lowest BCUT2D eigenvalue weighted by molar-refractivity contribution is 0.00115. The lowest BCUT2D eigenvalue weighted by Gasteiger charge is -2.38. The summed E-state index contributed by atoms with van der Waals surface area (Å²) in [6.07, 6.45) is 0. The normalized spacial score (nSPS) is 11.6. The van der Waals surface area contributed by atoms with Crippen LogP contribution in [0.5, 0.6) is 0 Å². The average Bonchev–Trinajstić information content (AvgIpc) is 2.61. The Hall–Kier alpha value is -1.60. The number of hydrazine groups is 1. The van der Waals surface area contributed by atoms with Gasteiger partial charge >= 0.3 is 0 Å². The third-order valence-corrected chi connectivity index (χ3v) is 4.42. The third-order valence-electron chi connectivity index (χ3n) is 3.84. The summed E-state index contributed by atoms with van der Waals surface area (Å²) in [5.74, 6) is -1.07. The number of halogens is 4. The van der Waals surface area contributed by atoms with E-state index in [1.54, 1.807) is 22.2 Å². The molecule has 28 heavy (non-hydrogen) atoms. The van der Waals surface area contributed by atoms with Gasteiger partial charge in [-0.05, 0) is 57.2 Å². The van der Waals surface area contributed by atoms with E-state index < -0.39 is 11.6 Å². The van der Waals surface area contributed by atoms with Gasteiger partial charge in [0.25, 0.3) is 0 Å². The van der Waals surface area contributed by atoms with Crippen LogP contribution in [-0.2, 0) is 4.74 Å². The van der Waals surface area contributed by atoms with Gasteiger partial charge < -0.3 is 9.84 Å². The Morgan fingerprint density at radius 1 is 0.893 bits per heavy atom. The predicted octanol–water partition coefficient (Wildman–Crippen LogP) is 5.31. The fourth-order valence-electron chi connectivity index (χ4n) is 2.60. The molecule has 8 heteroatoms. The van der Waals surface area contributed by atoms with Gasteiger partial charge in [0.05, 0.1) is 53.3 Å². The number of aliphatic hydroxyl groups excluding tert-OH is 1. The predicted molar refractivity (Wildman–Crippen MR) is 110 cm³/mol. The van der Waals surface area contributed by atoms with Crippen molar-refractivity contribution in [3.05, 3.63) is 58.1 Å². The molecule has 0 aliphatic rings. The first-order valence-corrected chi connectivity index (χ1v) is 9.58. The molecule has 0 atom stereocenters. The zero-order valence-electron chi connectivity index (χ0n) is 16.1. The van der Waals surface area contributed by atoms with Gasteiger partial charge in [-0.2, -0.15) is 0 Å². The van der Waals surface area contributed by atoms with E-state index in [2.05, 4.69) is 0 Å². The highest BCUT2D eigenvalue weighted by molar-refractivity contribution is 6.31. The Kier molecular flexibility index (Phi) is 7.89. The molecule has 0 aliphatic heterocycles. The van der Waals surface area contributed by atoms with Crippen molar-refractivity contribution in [2.75, 3.05) is 36.3 Å². The highest BCUT2D eigenvalue weighted by Gasteiger charge is 2.20. The molecule has 154 valence electrons. The van der Waals surface area contributed by atoms with Crippen molar-refractivity contribution in [3.63, 3.8) is 0 Å². The summed E-state index contributed by atoms with van der Waals surface area (Å²) in [4.78, 5) is 0. The molecular formula is C20H24Cl2F2N2O2. The third kappa shape index (κ3) is 6.21. The van der Waals surface area contributed by atoms with Crippen LogP contribution in [0, 0.1) is 11.6 Å². The second kappa shape index (κ2) is 9.74. The molecule has 0 unspecified atom stereocenters. The van der Waals surface area contributed by atoms with Crippen LogP contribution in [0.25, 0.3) is 0 Å². The van der Waals surface area contributed by atoms with E-state index in [-0.39, 0.29) is 28.8 Å². The van der Waals surface area contributed by atoms with Crippen LogP contribution in [0.4, 0.5) is 20.2 Å². The number of aliphatic hydroxyl groups is 1. The Bertz CT molecular complexity index is 800. The van der Waals surface area contributed by atoms with Gasteiger partial charge in [0, 0.05) is 0 Å². The molecule has 0 heterocycles. The zero-order chi connectivity index (χ0) is 20.9. The second-order valence-corrected chi connectivity index (χ2v) is 7.94. The fourth-order valence-corrected chi connectivity index (χ4v) is 2.95. The number of ether oxygens (including phenoxy) is 1. The Morgan fingerprint density at radius 3 is 1.75 bits per heavy atom. The summed E-state index contributed by atoms with van der Waals surface area (Å²) in [5, 5.41) is 13.0. The summed E-state index contributed by atoms with van der Waals surface area (Å²) in [6, 6.07) is 8.61. The monoisotopic (exact) mass is 432 g/mol. The molecule has 0 bridgehead atoms. The molecule has 0 saturated carbocycles. The first-order chi connectivity index (χ1) is 13.1. The zero-order valence-corrected chi connectivity index (χ0v) is 17.6. The molecule has 2 aromatic rings. The van der Waals surface area contributed by atoms with Crippen molar-refractivity contribution < 1.29 is 18.6 Å². The maximum atomic E-state index is 13.7. The van der Waals surface area contributed by atoms with E-state index in [0.717, 1.165) is 0 Å². The van der Waals surface area contributed by atoms with Gasteiger partial charge in [-0.3, -0.25) is 10.0 Å². The molecule has 0 amide bonds. The second-order valence-electron chi connectivity index (χ2n) is 7.13. The summed E-state index contributed by atoms with van der Waals surface area (Å²) in [5.41, 5.74) is 0.821. The number of benzene rings is 2. The fraction of sp³-hybridized carbons (Fsp3) is 0.400. The van der Waals surface area contributed by atoms with Crippen molar-refractivity contribution in [1.29, 1.82) is 0 Å². The van der Waals surface area contributed by atoms with Gasteiger partial charge in [-0.15, -0.1) is 0 Å². The van der Waals surface area contributed by atoms with Gasteiger partial charge in [0.15, 0.2) is 0 Å². The van der Waals surface area contributed by atoms with Crippen LogP contribution < -0.4 is 10.0 Å². The summed E-state index contributed by atoms with van der Waals surface area (Å²) < 4.78 is 33.1. The minimum atomic E-state index is -0.540. The van der Waals surface area contributed by atoms with Crippen LogP contribution in [0.2, 0.25) is 10.0 Å². The Morgan fingerprint density at radius 2 is 1.36 bits per heavy atom. The van der Waals surface area contributed by atoms with Crippen LogP contribution in [-0.4, -0.2) is 37.0 Å². The number of hydrogen-bond donors (Lipinski definition) is 1. The smallest absolute Gasteiger partial charge is 0.141 e. The molecule has 0 aliphatic carbocycles. The Balaban J connectivity index is 2.42. The lowest BCUT2D eigenvalue weighted by atomic mass is 10.2. The standard InChI is InChI=1S/C20H24Cl2F2N2O2/c1-20(2,3)28-11-9-26(15-5-7-19(24)17(22)13-15)25(8-10-27)14-4-6-18(23)16(21)12-14/h4-7,12-13,27H,8-11H2,1-3H3. The van der Waals surface area contributed by atoms with E-state index in [1.807, 2.05) is 20.8 Å². The molecule has 1 N–H and O–H groups in total. The highest BCUT2D eigenvalue weighted by atomic mass is 35.5. The first-order valence-electron chi connectivity index (χ1n) is 8.82.